The van der Waals surface area contributed by atoms with Crippen LogP contribution in [-0.4, -0.2) is 0 Å². The highest BCUT2D eigenvalue weighted by molar-refractivity contribution is 6.34. The van der Waals surface area contributed by atoms with Crippen molar-refractivity contribution in [2.24, 2.45) is 0 Å². The number of rotatable bonds is 2. The Labute approximate surface area is 108 Å². The first-order valence-corrected chi connectivity index (χ1v) is 5.59. The van der Waals surface area contributed by atoms with Crippen LogP contribution in [0.2, 0.25) is 10.0 Å². The average molecular weight is 271 g/mol. The summed E-state index contributed by atoms with van der Waals surface area (Å²) in [6.07, 6.45) is 0. The minimum absolute atomic E-state index is 0.0719. The van der Waals surface area contributed by atoms with E-state index in [2.05, 4.69) is 5.32 Å². The van der Waals surface area contributed by atoms with Crippen LogP contribution in [0, 0.1) is 5.82 Å². The Morgan fingerprint density at radius 3 is 2.47 bits per heavy atom. The van der Waals surface area contributed by atoms with E-state index < -0.39 is 5.82 Å². The smallest absolute Gasteiger partial charge is 0.143 e. The van der Waals surface area contributed by atoms with Crippen molar-refractivity contribution in [2.75, 3.05) is 11.1 Å². The van der Waals surface area contributed by atoms with Gasteiger partial charge in [-0.25, -0.2) is 4.39 Å². The normalized spacial score (nSPS) is 10.3. The molecule has 0 radical (unpaired) electrons. The van der Waals surface area contributed by atoms with Gasteiger partial charge in [-0.05, 0) is 30.3 Å². The van der Waals surface area contributed by atoms with Gasteiger partial charge in [0.2, 0.25) is 0 Å². The van der Waals surface area contributed by atoms with E-state index in [0.29, 0.717) is 22.1 Å². The van der Waals surface area contributed by atoms with Crippen LogP contribution in [0.5, 0.6) is 0 Å². The number of nitrogen functional groups attached to an aromatic ring is 1. The van der Waals surface area contributed by atoms with Gasteiger partial charge in [0.1, 0.15) is 5.82 Å². The van der Waals surface area contributed by atoms with Crippen molar-refractivity contribution >= 4 is 40.3 Å². The Hall–Kier alpha value is -1.45. The van der Waals surface area contributed by atoms with Gasteiger partial charge in [-0.3, -0.25) is 0 Å². The van der Waals surface area contributed by atoms with Crippen LogP contribution >= 0.6 is 23.2 Å². The number of anilines is 3. The summed E-state index contributed by atoms with van der Waals surface area (Å²) >= 11 is 11.6. The van der Waals surface area contributed by atoms with E-state index in [1.165, 1.54) is 12.1 Å². The lowest BCUT2D eigenvalue weighted by Crippen LogP contribution is -1.97. The third kappa shape index (κ3) is 2.62. The molecule has 0 heterocycles. The fraction of sp³-hybridized carbons (Fsp3) is 0. The highest BCUT2D eigenvalue weighted by Gasteiger charge is 2.06. The number of benzene rings is 2. The third-order valence-electron chi connectivity index (χ3n) is 2.23. The van der Waals surface area contributed by atoms with Gasteiger partial charge in [0.05, 0.1) is 21.4 Å². The maximum Gasteiger partial charge on any atom is 0.143 e. The zero-order valence-corrected chi connectivity index (χ0v) is 10.2. The van der Waals surface area contributed by atoms with Gasteiger partial charge in [-0.1, -0.05) is 29.3 Å². The van der Waals surface area contributed by atoms with Crippen molar-refractivity contribution < 1.29 is 4.39 Å². The first-order chi connectivity index (χ1) is 8.08. The SMILES string of the molecule is Nc1cccc(Cl)c1Nc1ccc(Cl)c(F)c1. The third-order valence-corrected chi connectivity index (χ3v) is 2.86. The largest absolute Gasteiger partial charge is 0.397 e. The highest BCUT2D eigenvalue weighted by Crippen LogP contribution is 2.31. The highest BCUT2D eigenvalue weighted by atomic mass is 35.5. The van der Waals surface area contributed by atoms with E-state index in [1.807, 2.05) is 0 Å². The van der Waals surface area contributed by atoms with E-state index >= 15 is 0 Å². The molecule has 5 heteroatoms. The minimum Gasteiger partial charge on any atom is -0.397 e. The molecular formula is C12H9Cl2FN2. The molecule has 0 amide bonds. The van der Waals surface area contributed by atoms with E-state index in [0.717, 1.165) is 0 Å². The van der Waals surface area contributed by atoms with Gasteiger partial charge >= 0.3 is 0 Å². The molecule has 0 aliphatic rings. The molecule has 0 spiro atoms. The minimum atomic E-state index is -0.498. The molecule has 0 fully saturated rings. The zero-order valence-electron chi connectivity index (χ0n) is 8.68. The number of nitrogens with one attached hydrogen (secondary N) is 1. The van der Waals surface area contributed by atoms with Crippen LogP contribution in [0.3, 0.4) is 0 Å². The molecule has 0 unspecified atom stereocenters. The molecule has 3 N–H and O–H groups in total. The Morgan fingerprint density at radius 1 is 1.06 bits per heavy atom. The second kappa shape index (κ2) is 4.82. The Kier molecular flexibility index (Phi) is 3.41. The predicted molar refractivity (Wildman–Crippen MR) is 70.6 cm³/mol. The zero-order chi connectivity index (χ0) is 12.4. The molecule has 0 bridgehead atoms. The van der Waals surface area contributed by atoms with E-state index in [-0.39, 0.29) is 5.02 Å². The number of hydrogen-bond acceptors (Lipinski definition) is 2. The summed E-state index contributed by atoms with van der Waals surface area (Å²) in [5.41, 5.74) is 7.35. The molecule has 0 aliphatic heterocycles. The van der Waals surface area contributed by atoms with Gasteiger partial charge in [-0.15, -0.1) is 0 Å². The molecule has 2 aromatic rings. The molecule has 0 saturated carbocycles. The standard InChI is InChI=1S/C12H9Cl2FN2/c13-8-5-4-7(6-10(8)15)17-12-9(14)2-1-3-11(12)16/h1-6,17H,16H2. The van der Waals surface area contributed by atoms with Crippen LogP contribution < -0.4 is 11.1 Å². The molecule has 2 aromatic carbocycles. The molecule has 0 atom stereocenters. The van der Waals surface area contributed by atoms with Crippen molar-refractivity contribution in [3.05, 3.63) is 52.3 Å². The van der Waals surface area contributed by atoms with Gasteiger partial charge in [0.25, 0.3) is 0 Å². The van der Waals surface area contributed by atoms with E-state index in [1.54, 1.807) is 24.3 Å². The molecule has 88 valence electrons. The maximum atomic E-state index is 13.2. The van der Waals surface area contributed by atoms with E-state index in [4.69, 9.17) is 28.9 Å². The molecule has 2 rings (SSSR count). The Morgan fingerprint density at radius 2 is 1.82 bits per heavy atom. The molecule has 17 heavy (non-hydrogen) atoms. The van der Waals surface area contributed by atoms with Crippen molar-refractivity contribution in [1.82, 2.24) is 0 Å². The molecule has 0 saturated heterocycles. The van der Waals surface area contributed by atoms with Crippen molar-refractivity contribution in [2.45, 2.75) is 0 Å². The molecule has 0 aliphatic carbocycles. The quantitative estimate of drug-likeness (QED) is 0.791. The summed E-state index contributed by atoms with van der Waals surface area (Å²) < 4.78 is 13.2. The summed E-state index contributed by atoms with van der Waals surface area (Å²) in [6.45, 7) is 0. The first-order valence-electron chi connectivity index (χ1n) is 4.84. The number of nitrogens with two attached hydrogens (primary N) is 1. The van der Waals surface area contributed by atoms with Crippen LogP contribution in [-0.2, 0) is 0 Å². The number of para-hydroxylation sites is 1. The fourth-order valence-electron chi connectivity index (χ4n) is 1.39. The van der Waals surface area contributed by atoms with Crippen LogP contribution in [0.25, 0.3) is 0 Å². The van der Waals surface area contributed by atoms with Gasteiger partial charge < -0.3 is 11.1 Å². The summed E-state index contributed by atoms with van der Waals surface area (Å²) in [5, 5.41) is 3.50. The maximum absolute atomic E-state index is 13.2. The second-order valence-corrected chi connectivity index (χ2v) is 4.27. The lowest BCUT2D eigenvalue weighted by molar-refractivity contribution is 0.629. The monoisotopic (exact) mass is 270 g/mol. The molecule has 0 aromatic heterocycles. The molecule has 2 nitrogen and oxygen atoms in total. The topological polar surface area (TPSA) is 38.0 Å². The van der Waals surface area contributed by atoms with E-state index in [9.17, 15) is 4.39 Å². The number of hydrogen-bond donors (Lipinski definition) is 2. The van der Waals surface area contributed by atoms with Crippen LogP contribution in [0.4, 0.5) is 21.5 Å². The van der Waals surface area contributed by atoms with Gasteiger partial charge in [0.15, 0.2) is 0 Å². The second-order valence-electron chi connectivity index (χ2n) is 3.46. The van der Waals surface area contributed by atoms with Gasteiger partial charge in [0, 0.05) is 5.69 Å². The summed E-state index contributed by atoms with van der Waals surface area (Å²) in [7, 11) is 0. The van der Waals surface area contributed by atoms with Crippen molar-refractivity contribution in [1.29, 1.82) is 0 Å². The molecular weight excluding hydrogens is 262 g/mol. The van der Waals surface area contributed by atoms with Crippen LogP contribution in [0.1, 0.15) is 0 Å². The Bertz CT molecular complexity index is 538. The fourth-order valence-corrected chi connectivity index (χ4v) is 1.74. The Balaban J connectivity index is 2.35. The van der Waals surface area contributed by atoms with Crippen molar-refractivity contribution in [3.8, 4) is 0 Å². The first kappa shape index (κ1) is 12.0. The predicted octanol–water partition coefficient (Wildman–Crippen LogP) is 4.46. The lowest BCUT2D eigenvalue weighted by Gasteiger charge is -2.11. The van der Waals surface area contributed by atoms with Gasteiger partial charge in [-0.2, -0.15) is 0 Å². The van der Waals surface area contributed by atoms with Crippen LogP contribution in [0.15, 0.2) is 36.4 Å². The summed E-state index contributed by atoms with van der Waals surface area (Å²) in [4.78, 5) is 0. The summed E-state index contributed by atoms with van der Waals surface area (Å²) in [6, 6.07) is 9.55. The lowest BCUT2D eigenvalue weighted by atomic mass is 10.2. The van der Waals surface area contributed by atoms with Crippen molar-refractivity contribution in [3.63, 3.8) is 0 Å². The number of halogens is 3. The average Bonchev–Trinajstić information content (AvgIpc) is 2.28. The summed E-state index contributed by atoms with van der Waals surface area (Å²) in [5.74, 6) is -0.498.